The molecule has 1 saturated carbocycles. The van der Waals surface area contributed by atoms with Crippen LogP contribution in [0.3, 0.4) is 0 Å². The van der Waals surface area contributed by atoms with Crippen LogP contribution in [0.4, 0.5) is 0 Å². The van der Waals surface area contributed by atoms with Crippen LogP contribution >= 0.6 is 0 Å². The highest BCUT2D eigenvalue weighted by atomic mass is 16.3. The molecule has 0 spiro atoms. The third kappa shape index (κ3) is 4.24. The fourth-order valence-corrected chi connectivity index (χ4v) is 3.09. The van der Waals surface area contributed by atoms with Gasteiger partial charge in [-0.2, -0.15) is 0 Å². The summed E-state index contributed by atoms with van der Waals surface area (Å²) >= 11 is 0. The number of aliphatic hydroxyl groups excluding tert-OH is 1. The standard InChI is InChI=1S/C16H33NO/c1-6-16(4,5)13-7-9-14(10-8-13)17-15(11-18)12(2)3/h12-15,17-18H,6-11H2,1-5H3/t13?,14?,15-/m1/s1. The van der Waals surface area contributed by atoms with E-state index in [2.05, 4.69) is 39.9 Å². The molecule has 0 bridgehead atoms. The number of rotatable bonds is 6. The summed E-state index contributed by atoms with van der Waals surface area (Å²) in [7, 11) is 0. The van der Waals surface area contributed by atoms with Gasteiger partial charge < -0.3 is 10.4 Å². The van der Waals surface area contributed by atoms with Crippen LogP contribution in [0, 0.1) is 17.3 Å². The van der Waals surface area contributed by atoms with Gasteiger partial charge in [-0.15, -0.1) is 0 Å². The minimum atomic E-state index is 0.262. The third-order valence-electron chi connectivity index (χ3n) is 5.19. The van der Waals surface area contributed by atoms with Gasteiger partial charge in [-0.3, -0.25) is 0 Å². The zero-order valence-corrected chi connectivity index (χ0v) is 13.0. The zero-order chi connectivity index (χ0) is 13.8. The topological polar surface area (TPSA) is 32.3 Å². The highest BCUT2D eigenvalue weighted by molar-refractivity contribution is 4.86. The maximum atomic E-state index is 9.38. The van der Waals surface area contributed by atoms with Crippen molar-refractivity contribution < 1.29 is 5.11 Å². The van der Waals surface area contributed by atoms with Crippen molar-refractivity contribution in [3.05, 3.63) is 0 Å². The molecule has 0 aliphatic heterocycles. The van der Waals surface area contributed by atoms with E-state index in [1.54, 1.807) is 0 Å². The molecule has 0 aromatic rings. The largest absolute Gasteiger partial charge is 0.395 e. The summed E-state index contributed by atoms with van der Waals surface area (Å²) in [5, 5.41) is 13.0. The Morgan fingerprint density at radius 1 is 1.17 bits per heavy atom. The Labute approximate surface area is 114 Å². The van der Waals surface area contributed by atoms with Gasteiger partial charge in [0.2, 0.25) is 0 Å². The molecule has 0 radical (unpaired) electrons. The van der Waals surface area contributed by atoms with Crippen molar-refractivity contribution >= 4 is 0 Å². The first-order valence-electron chi connectivity index (χ1n) is 7.77. The average molecular weight is 255 g/mol. The van der Waals surface area contributed by atoms with Crippen molar-refractivity contribution in [2.75, 3.05) is 6.61 Å². The summed E-state index contributed by atoms with van der Waals surface area (Å²) < 4.78 is 0. The monoisotopic (exact) mass is 255 g/mol. The first kappa shape index (κ1) is 16.0. The van der Waals surface area contributed by atoms with Crippen molar-refractivity contribution in [2.24, 2.45) is 17.3 Å². The van der Waals surface area contributed by atoms with E-state index in [1.807, 2.05) is 0 Å². The smallest absolute Gasteiger partial charge is 0.0587 e. The lowest BCUT2D eigenvalue weighted by molar-refractivity contribution is 0.122. The van der Waals surface area contributed by atoms with Crippen LogP contribution in [0.15, 0.2) is 0 Å². The van der Waals surface area contributed by atoms with Crippen LogP contribution in [-0.4, -0.2) is 23.8 Å². The predicted molar refractivity (Wildman–Crippen MR) is 78.7 cm³/mol. The van der Waals surface area contributed by atoms with Gasteiger partial charge in [0, 0.05) is 12.1 Å². The van der Waals surface area contributed by atoms with E-state index in [0.717, 1.165) is 5.92 Å². The van der Waals surface area contributed by atoms with Crippen LogP contribution in [-0.2, 0) is 0 Å². The van der Waals surface area contributed by atoms with Gasteiger partial charge >= 0.3 is 0 Å². The van der Waals surface area contributed by atoms with Crippen LogP contribution in [0.1, 0.15) is 66.7 Å². The lowest BCUT2D eigenvalue weighted by Gasteiger charge is -2.40. The molecule has 0 aromatic heterocycles. The van der Waals surface area contributed by atoms with E-state index in [1.165, 1.54) is 32.1 Å². The number of nitrogens with one attached hydrogen (secondary N) is 1. The zero-order valence-electron chi connectivity index (χ0n) is 13.0. The Morgan fingerprint density at radius 2 is 1.72 bits per heavy atom. The normalized spacial score (nSPS) is 27.5. The summed E-state index contributed by atoms with van der Waals surface area (Å²) in [4.78, 5) is 0. The molecule has 1 fully saturated rings. The van der Waals surface area contributed by atoms with Crippen molar-refractivity contribution in [3.63, 3.8) is 0 Å². The second-order valence-corrected chi connectivity index (χ2v) is 7.09. The summed E-state index contributed by atoms with van der Waals surface area (Å²) in [5.74, 6) is 1.40. The van der Waals surface area contributed by atoms with Gasteiger partial charge in [-0.05, 0) is 42.9 Å². The molecule has 18 heavy (non-hydrogen) atoms. The third-order valence-corrected chi connectivity index (χ3v) is 5.19. The molecular weight excluding hydrogens is 222 g/mol. The van der Waals surface area contributed by atoms with Crippen LogP contribution in [0.2, 0.25) is 0 Å². The second kappa shape index (κ2) is 6.91. The summed E-state index contributed by atoms with van der Waals surface area (Å²) in [6, 6.07) is 0.888. The van der Waals surface area contributed by atoms with E-state index in [4.69, 9.17) is 0 Å². The maximum absolute atomic E-state index is 9.38. The minimum Gasteiger partial charge on any atom is -0.395 e. The Hall–Kier alpha value is -0.0800. The van der Waals surface area contributed by atoms with Gasteiger partial charge in [-0.25, -0.2) is 0 Å². The molecule has 108 valence electrons. The first-order valence-corrected chi connectivity index (χ1v) is 7.77. The summed E-state index contributed by atoms with van der Waals surface area (Å²) in [6.07, 6.45) is 6.51. The second-order valence-electron chi connectivity index (χ2n) is 7.09. The van der Waals surface area contributed by atoms with Crippen molar-refractivity contribution in [1.29, 1.82) is 0 Å². The highest BCUT2D eigenvalue weighted by Gasteiger charge is 2.32. The average Bonchev–Trinajstić information content (AvgIpc) is 2.36. The van der Waals surface area contributed by atoms with Gasteiger partial charge in [0.05, 0.1) is 6.61 Å². The molecular formula is C16H33NO. The van der Waals surface area contributed by atoms with Gasteiger partial charge in [-0.1, -0.05) is 41.0 Å². The van der Waals surface area contributed by atoms with Gasteiger partial charge in [0.15, 0.2) is 0 Å². The predicted octanol–water partition coefficient (Wildman–Crippen LogP) is 3.59. The lowest BCUT2D eigenvalue weighted by atomic mass is 9.69. The lowest BCUT2D eigenvalue weighted by Crippen LogP contribution is -2.46. The molecule has 1 rings (SSSR count). The molecule has 0 aromatic carbocycles. The molecule has 2 nitrogen and oxygen atoms in total. The van der Waals surface area contributed by atoms with E-state index in [-0.39, 0.29) is 12.6 Å². The quantitative estimate of drug-likeness (QED) is 0.760. The molecule has 0 amide bonds. The SMILES string of the molecule is CCC(C)(C)C1CCC(N[C@H](CO)C(C)C)CC1. The Morgan fingerprint density at radius 3 is 2.11 bits per heavy atom. The van der Waals surface area contributed by atoms with Crippen LogP contribution < -0.4 is 5.32 Å². The van der Waals surface area contributed by atoms with E-state index >= 15 is 0 Å². The van der Waals surface area contributed by atoms with Crippen molar-refractivity contribution in [1.82, 2.24) is 5.32 Å². The molecule has 0 heterocycles. The Kier molecular flexibility index (Phi) is 6.13. The summed E-state index contributed by atoms with van der Waals surface area (Å²) in [6.45, 7) is 11.8. The molecule has 0 saturated heterocycles. The number of hydrogen-bond donors (Lipinski definition) is 2. The Bertz CT molecular complexity index is 229. The molecule has 1 atom stereocenters. The van der Waals surface area contributed by atoms with Crippen LogP contribution in [0.25, 0.3) is 0 Å². The fourth-order valence-electron chi connectivity index (χ4n) is 3.09. The highest BCUT2D eigenvalue weighted by Crippen LogP contribution is 2.40. The van der Waals surface area contributed by atoms with E-state index in [9.17, 15) is 5.11 Å². The van der Waals surface area contributed by atoms with E-state index < -0.39 is 0 Å². The van der Waals surface area contributed by atoms with Crippen LogP contribution in [0.5, 0.6) is 0 Å². The van der Waals surface area contributed by atoms with E-state index in [0.29, 0.717) is 17.4 Å². The molecule has 1 aliphatic carbocycles. The minimum absolute atomic E-state index is 0.262. The van der Waals surface area contributed by atoms with Gasteiger partial charge in [0.1, 0.15) is 0 Å². The molecule has 0 unspecified atom stereocenters. The van der Waals surface area contributed by atoms with Crippen molar-refractivity contribution in [3.8, 4) is 0 Å². The summed E-state index contributed by atoms with van der Waals surface area (Å²) in [5.41, 5.74) is 0.499. The molecule has 1 aliphatic rings. The fraction of sp³-hybridized carbons (Fsp3) is 1.00. The Balaban J connectivity index is 2.40. The number of aliphatic hydroxyl groups is 1. The van der Waals surface area contributed by atoms with Gasteiger partial charge in [0.25, 0.3) is 0 Å². The van der Waals surface area contributed by atoms with Crippen molar-refractivity contribution in [2.45, 2.75) is 78.8 Å². The molecule has 2 N–H and O–H groups in total. The number of hydrogen-bond acceptors (Lipinski definition) is 2. The molecule has 2 heteroatoms. The first-order chi connectivity index (χ1) is 8.40. The maximum Gasteiger partial charge on any atom is 0.0587 e.